The Balaban J connectivity index is 1.79. The fraction of sp³-hybridized carbons (Fsp3) is 0.400. The second-order valence-electron chi connectivity index (χ2n) is 4.89. The summed E-state index contributed by atoms with van der Waals surface area (Å²) in [7, 11) is 0. The van der Waals surface area contributed by atoms with Gasteiger partial charge in [0.25, 0.3) is 5.91 Å². The lowest BCUT2D eigenvalue weighted by atomic mass is 9.99. The number of hydrogen-bond acceptors (Lipinski definition) is 5. The lowest BCUT2D eigenvalue weighted by Crippen LogP contribution is -2.41. The summed E-state index contributed by atoms with van der Waals surface area (Å²) >= 11 is 1.42. The number of amides is 3. The highest BCUT2D eigenvalue weighted by molar-refractivity contribution is 7.14. The average Bonchev–Trinajstić information content (AvgIpc) is 2.94. The fourth-order valence-electron chi connectivity index (χ4n) is 2.17. The van der Waals surface area contributed by atoms with Crippen LogP contribution in [0.15, 0.2) is 18.7 Å². The minimum absolute atomic E-state index is 0.250. The number of thiophene rings is 1. The Kier molecular flexibility index (Phi) is 5.71. The number of carbonyl (C=O) groups is 3. The smallest absolute Gasteiger partial charge is 0.348 e. The zero-order valence-electron chi connectivity index (χ0n) is 12.1. The Morgan fingerprint density at radius 1 is 1.32 bits per heavy atom. The SMILES string of the molecule is C=CCNC(=O)NC(=O)COC(=O)c1cc2c(s1)CCCC2. The first-order valence-corrected chi connectivity index (χ1v) is 7.89. The highest BCUT2D eigenvalue weighted by Crippen LogP contribution is 2.29. The first-order chi connectivity index (χ1) is 10.6. The Morgan fingerprint density at radius 3 is 2.82 bits per heavy atom. The largest absolute Gasteiger partial charge is 0.451 e. The molecule has 0 saturated heterocycles. The molecular formula is C15H18N2O4S. The minimum Gasteiger partial charge on any atom is -0.451 e. The van der Waals surface area contributed by atoms with Gasteiger partial charge in [0, 0.05) is 11.4 Å². The van der Waals surface area contributed by atoms with E-state index in [1.165, 1.54) is 27.9 Å². The number of urea groups is 1. The van der Waals surface area contributed by atoms with Crippen molar-refractivity contribution in [1.29, 1.82) is 0 Å². The van der Waals surface area contributed by atoms with Gasteiger partial charge in [-0.1, -0.05) is 6.08 Å². The number of nitrogens with one attached hydrogen (secondary N) is 2. The number of rotatable bonds is 5. The maximum atomic E-state index is 11.9. The number of aryl methyl sites for hydroxylation is 2. The van der Waals surface area contributed by atoms with Crippen molar-refractivity contribution in [2.75, 3.05) is 13.2 Å². The van der Waals surface area contributed by atoms with Gasteiger partial charge in [0.1, 0.15) is 4.88 Å². The predicted molar refractivity (Wildman–Crippen MR) is 83.0 cm³/mol. The van der Waals surface area contributed by atoms with Crippen molar-refractivity contribution in [2.24, 2.45) is 0 Å². The molecule has 0 fully saturated rings. The summed E-state index contributed by atoms with van der Waals surface area (Å²) < 4.78 is 4.93. The second kappa shape index (κ2) is 7.74. The van der Waals surface area contributed by atoms with Gasteiger partial charge < -0.3 is 10.1 Å². The van der Waals surface area contributed by atoms with Crippen molar-refractivity contribution in [3.05, 3.63) is 34.0 Å². The Morgan fingerprint density at radius 2 is 2.09 bits per heavy atom. The number of fused-ring (bicyclic) bond motifs is 1. The van der Waals surface area contributed by atoms with Gasteiger partial charge in [-0.3, -0.25) is 10.1 Å². The topological polar surface area (TPSA) is 84.5 Å². The molecule has 1 aliphatic carbocycles. The van der Waals surface area contributed by atoms with Crippen molar-refractivity contribution in [2.45, 2.75) is 25.7 Å². The molecule has 0 unspecified atom stereocenters. The zero-order chi connectivity index (χ0) is 15.9. The molecule has 1 aliphatic rings. The molecule has 118 valence electrons. The van der Waals surface area contributed by atoms with Crippen LogP contribution in [-0.2, 0) is 22.4 Å². The number of imide groups is 1. The number of hydrogen-bond donors (Lipinski definition) is 2. The van der Waals surface area contributed by atoms with E-state index in [1.807, 2.05) is 6.07 Å². The summed E-state index contributed by atoms with van der Waals surface area (Å²) in [6.07, 6.45) is 5.76. The first-order valence-electron chi connectivity index (χ1n) is 7.07. The molecule has 1 aromatic heterocycles. The van der Waals surface area contributed by atoms with Gasteiger partial charge in [-0.25, -0.2) is 9.59 Å². The molecule has 1 aromatic rings. The van der Waals surface area contributed by atoms with Crippen LogP contribution in [0.1, 0.15) is 33.0 Å². The summed E-state index contributed by atoms with van der Waals surface area (Å²) in [5, 5.41) is 4.45. The van der Waals surface area contributed by atoms with E-state index < -0.39 is 24.5 Å². The van der Waals surface area contributed by atoms with Crippen LogP contribution in [0.4, 0.5) is 4.79 Å². The molecule has 3 amide bonds. The summed E-state index contributed by atoms with van der Waals surface area (Å²) in [6.45, 7) is 3.20. The van der Waals surface area contributed by atoms with Crippen LogP contribution < -0.4 is 10.6 Å². The third-order valence-corrected chi connectivity index (χ3v) is 4.41. The standard InChI is InChI=1S/C15H18N2O4S/c1-2-7-16-15(20)17-13(18)9-21-14(19)12-8-10-5-3-4-6-11(10)22-12/h2,8H,1,3-7,9H2,(H2,16,17,18,20). The monoisotopic (exact) mass is 322 g/mol. The molecule has 0 saturated carbocycles. The summed E-state index contributed by atoms with van der Waals surface area (Å²) in [5.41, 5.74) is 1.21. The normalized spacial score (nSPS) is 12.9. The fourth-order valence-corrected chi connectivity index (χ4v) is 3.31. The molecule has 2 N–H and O–H groups in total. The van der Waals surface area contributed by atoms with E-state index in [-0.39, 0.29) is 6.54 Å². The van der Waals surface area contributed by atoms with Crippen LogP contribution >= 0.6 is 11.3 Å². The van der Waals surface area contributed by atoms with E-state index >= 15 is 0 Å². The third kappa shape index (κ3) is 4.42. The third-order valence-electron chi connectivity index (χ3n) is 3.19. The van der Waals surface area contributed by atoms with Crippen LogP contribution in [0.5, 0.6) is 0 Å². The van der Waals surface area contributed by atoms with E-state index in [0.29, 0.717) is 4.88 Å². The minimum atomic E-state index is -0.670. The predicted octanol–water partition coefficient (Wildman–Crippen LogP) is 1.80. The van der Waals surface area contributed by atoms with Crippen molar-refractivity contribution in [3.63, 3.8) is 0 Å². The molecule has 22 heavy (non-hydrogen) atoms. The Labute approximate surface area is 132 Å². The molecule has 0 atom stereocenters. The lowest BCUT2D eigenvalue weighted by Gasteiger charge is -2.08. The highest BCUT2D eigenvalue weighted by atomic mass is 32.1. The van der Waals surface area contributed by atoms with Gasteiger partial charge in [-0.05, 0) is 37.3 Å². The molecule has 0 bridgehead atoms. The molecular weight excluding hydrogens is 304 g/mol. The Hall–Kier alpha value is -2.15. The van der Waals surface area contributed by atoms with Crippen LogP contribution in [0.3, 0.4) is 0 Å². The molecule has 6 nitrogen and oxygen atoms in total. The molecule has 2 rings (SSSR count). The quantitative estimate of drug-likeness (QED) is 0.639. The van der Waals surface area contributed by atoms with Crippen LogP contribution in [0.2, 0.25) is 0 Å². The number of carbonyl (C=O) groups excluding carboxylic acids is 3. The van der Waals surface area contributed by atoms with Crippen molar-refractivity contribution >= 4 is 29.2 Å². The van der Waals surface area contributed by atoms with Crippen molar-refractivity contribution < 1.29 is 19.1 Å². The van der Waals surface area contributed by atoms with Crippen LogP contribution in [-0.4, -0.2) is 31.1 Å². The van der Waals surface area contributed by atoms with Gasteiger partial charge in [0.2, 0.25) is 0 Å². The molecule has 0 radical (unpaired) electrons. The van der Waals surface area contributed by atoms with Gasteiger partial charge in [-0.15, -0.1) is 17.9 Å². The van der Waals surface area contributed by atoms with Gasteiger partial charge in [0.15, 0.2) is 6.61 Å². The van der Waals surface area contributed by atoms with Crippen molar-refractivity contribution in [3.8, 4) is 0 Å². The lowest BCUT2D eigenvalue weighted by molar-refractivity contribution is -0.123. The van der Waals surface area contributed by atoms with Crippen LogP contribution in [0, 0.1) is 0 Å². The van der Waals surface area contributed by atoms with E-state index in [0.717, 1.165) is 25.7 Å². The van der Waals surface area contributed by atoms with E-state index in [1.54, 1.807) is 0 Å². The molecule has 0 spiro atoms. The summed E-state index contributed by atoms with van der Waals surface area (Å²) in [6, 6.07) is 1.20. The van der Waals surface area contributed by atoms with E-state index in [2.05, 4.69) is 17.2 Å². The summed E-state index contributed by atoms with van der Waals surface area (Å²) in [5.74, 6) is -1.20. The maximum absolute atomic E-state index is 11.9. The van der Waals surface area contributed by atoms with Crippen molar-refractivity contribution in [1.82, 2.24) is 10.6 Å². The van der Waals surface area contributed by atoms with Gasteiger partial charge in [0.05, 0.1) is 0 Å². The van der Waals surface area contributed by atoms with Gasteiger partial charge >= 0.3 is 12.0 Å². The van der Waals surface area contributed by atoms with E-state index in [9.17, 15) is 14.4 Å². The molecule has 1 heterocycles. The Bertz CT molecular complexity index is 571. The summed E-state index contributed by atoms with van der Waals surface area (Å²) in [4.78, 5) is 36.4. The first kappa shape index (κ1) is 16.2. The average molecular weight is 322 g/mol. The molecule has 7 heteroatoms. The number of esters is 1. The number of ether oxygens (including phenoxy) is 1. The second-order valence-corrected chi connectivity index (χ2v) is 6.03. The maximum Gasteiger partial charge on any atom is 0.348 e. The zero-order valence-corrected chi connectivity index (χ0v) is 13.0. The molecule has 0 aliphatic heterocycles. The highest BCUT2D eigenvalue weighted by Gasteiger charge is 2.19. The van der Waals surface area contributed by atoms with E-state index in [4.69, 9.17) is 4.74 Å². The van der Waals surface area contributed by atoms with Crippen LogP contribution in [0.25, 0.3) is 0 Å². The molecule has 0 aromatic carbocycles. The van der Waals surface area contributed by atoms with Gasteiger partial charge in [-0.2, -0.15) is 0 Å².